The lowest BCUT2D eigenvalue weighted by Gasteiger charge is -2.42. The number of aromatic nitrogens is 2. The lowest BCUT2D eigenvalue weighted by Crippen LogP contribution is -2.49. The van der Waals surface area contributed by atoms with E-state index < -0.39 is 11.0 Å². The van der Waals surface area contributed by atoms with E-state index in [-0.39, 0.29) is 12.5 Å². The molecule has 1 aromatic rings. The van der Waals surface area contributed by atoms with Crippen molar-refractivity contribution in [2.75, 3.05) is 6.54 Å². The van der Waals surface area contributed by atoms with Crippen molar-refractivity contribution in [2.45, 2.75) is 88.9 Å². The highest BCUT2D eigenvalue weighted by Gasteiger charge is 2.31. The molecule has 1 N–H and O–H groups in total. The Morgan fingerprint density at radius 3 is 2.24 bits per heavy atom. The van der Waals surface area contributed by atoms with Crippen LogP contribution in [0.5, 0.6) is 0 Å². The summed E-state index contributed by atoms with van der Waals surface area (Å²) in [4.78, 5) is 16.8. The highest BCUT2D eigenvalue weighted by Crippen LogP contribution is 2.30. The van der Waals surface area contributed by atoms with Crippen LogP contribution >= 0.6 is 0 Å². The molecule has 0 aromatic carbocycles. The molecule has 0 bridgehead atoms. The first-order chi connectivity index (χ1) is 12.1. The predicted molar refractivity (Wildman–Crippen MR) is 95.3 cm³/mol. The Morgan fingerprint density at radius 2 is 1.72 bits per heavy atom. The van der Waals surface area contributed by atoms with Crippen LogP contribution in [-0.2, 0) is 6.54 Å². The minimum absolute atomic E-state index is 0.194. The van der Waals surface area contributed by atoms with Gasteiger partial charge in [0.1, 0.15) is 12.4 Å². The van der Waals surface area contributed by atoms with E-state index >= 15 is 0 Å². The smallest absolute Gasteiger partial charge is 0.390 e. The first kappa shape index (κ1) is 18.3. The zero-order valence-electron chi connectivity index (χ0n) is 14.9. The number of hydrogen-bond acceptors (Lipinski definition) is 5. The van der Waals surface area contributed by atoms with Crippen LogP contribution in [0.1, 0.15) is 64.2 Å². The highest BCUT2D eigenvalue weighted by molar-refractivity contribution is 5.06. The molecule has 1 heterocycles. The van der Waals surface area contributed by atoms with Gasteiger partial charge < -0.3 is 15.2 Å². The summed E-state index contributed by atoms with van der Waals surface area (Å²) in [5.74, 6) is -0.194. The molecular weight excluding hydrogens is 320 g/mol. The Morgan fingerprint density at radius 1 is 1.16 bits per heavy atom. The molecular formula is C18H30N4O3. The van der Waals surface area contributed by atoms with E-state index in [9.17, 15) is 15.2 Å². The standard InChI is InChI=1S/C18H30N4O3/c23-17(13-20-12-11-19-18(20)22(24)25)14-21(15-7-3-1-4-8-15)16-9-5-2-6-10-16/h11-12,15-17,23H,1-10,13-14H2. The molecule has 1 atom stereocenters. The Bertz CT molecular complexity index is 532. The number of hydrogen-bond donors (Lipinski definition) is 1. The van der Waals surface area contributed by atoms with Gasteiger partial charge in [0.25, 0.3) is 0 Å². The molecule has 0 aliphatic heterocycles. The summed E-state index contributed by atoms with van der Waals surface area (Å²) in [7, 11) is 0. The van der Waals surface area contributed by atoms with Crippen molar-refractivity contribution < 1.29 is 10.0 Å². The second-order valence-electron chi connectivity index (χ2n) is 7.57. The Labute approximate surface area is 149 Å². The number of nitrogens with zero attached hydrogens (tertiary/aromatic N) is 4. The SMILES string of the molecule is O=[N+]([O-])c1nccn1CC(O)CN(C1CCCCC1)C1CCCCC1. The molecule has 25 heavy (non-hydrogen) atoms. The van der Waals surface area contributed by atoms with Crippen molar-refractivity contribution in [3.63, 3.8) is 0 Å². The minimum atomic E-state index is -0.614. The third-order valence-electron chi connectivity index (χ3n) is 5.77. The van der Waals surface area contributed by atoms with E-state index in [0.717, 1.165) is 0 Å². The van der Waals surface area contributed by atoms with Gasteiger partial charge in [-0.15, -0.1) is 0 Å². The Balaban J connectivity index is 1.65. The monoisotopic (exact) mass is 350 g/mol. The summed E-state index contributed by atoms with van der Waals surface area (Å²) in [6.45, 7) is 0.830. The van der Waals surface area contributed by atoms with Gasteiger partial charge in [-0.25, -0.2) is 4.57 Å². The van der Waals surface area contributed by atoms with E-state index in [1.807, 2.05) is 0 Å². The number of aliphatic hydroxyl groups is 1. The molecule has 3 rings (SSSR count). The fraction of sp³-hybridized carbons (Fsp3) is 0.833. The zero-order chi connectivity index (χ0) is 17.6. The molecule has 0 amide bonds. The summed E-state index contributed by atoms with van der Waals surface area (Å²) >= 11 is 0. The van der Waals surface area contributed by atoms with Gasteiger partial charge in [-0.2, -0.15) is 0 Å². The number of aliphatic hydroxyl groups excluding tert-OH is 1. The summed E-state index contributed by atoms with van der Waals surface area (Å²) in [6.07, 6.45) is 15.0. The molecule has 1 unspecified atom stereocenters. The van der Waals surface area contributed by atoms with Crippen LogP contribution in [0.15, 0.2) is 12.4 Å². The summed E-state index contributed by atoms with van der Waals surface area (Å²) < 4.78 is 1.45. The number of imidazole rings is 1. The molecule has 7 heteroatoms. The van der Waals surface area contributed by atoms with Gasteiger partial charge >= 0.3 is 5.95 Å². The number of rotatable bonds is 7. The fourth-order valence-corrected chi connectivity index (χ4v) is 4.57. The van der Waals surface area contributed by atoms with Crippen molar-refractivity contribution in [1.82, 2.24) is 14.5 Å². The van der Waals surface area contributed by atoms with Gasteiger partial charge in [0, 0.05) is 18.6 Å². The van der Waals surface area contributed by atoms with Crippen LogP contribution in [0, 0.1) is 10.1 Å². The average molecular weight is 350 g/mol. The molecule has 2 aliphatic rings. The first-order valence-corrected chi connectivity index (χ1v) is 9.74. The molecule has 0 saturated heterocycles. The maximum absolute atomic E-state index is 11.0. The minimum Gasteiger partial charge on any atom is -0.390 e. The van der Waals surface area contributed by atoms with Crippen molar-refractivity contribution in [2.24, 2.45) is 0 Å². The average Bonchev–Trinajstić information content (AvgIpc) is 3.09. The third-order valence-corrected chi connectivity index (χ3v) is 5.77. The van der Waals surface area contributed by atoms with Crippen LogP contribution in [0.2, 0.25) is 0 Å². The Hall–Kier alpha value is -1.47. The van der Waals surface area contributed by atoms with Crippen molar-refractivity contribution in [3.05, 3.63) is 22.5 Å². The molecule has 1 aromatic heterocycles. The molecule has 0 radical (unpaired) electrons. The third kappa shape index (κ3) is 4.79. The first-order valence-electron chi connectivity index (χ1n) is 9.74. The van der Waals surface area contributed by atoms with Gasteiger partial charge in [0.05, 0.1) is 12.6 Å². The van der Waals surface area contributed by atoms with Gasteiger partial charge in [0.2, 0.25) is 0 Å². The quantitative estimate of drug-likeness (QED) is 0.603. The normalized spacial score (nSPS) is 21.5. The van der Waals surface area contributed by atoms with Crippen LogP contribution in [0.3, 0.4) is 0 Å². The van der Waals surface area contributed by atoms with E-state index in [0.29, 0.717) is 18.6 Å². The molecule has 7 nitrogen and oxygen atoms in total. The van der Waals surface area contributed by atoms with Gasteiger partial charge in [-0.3, -0.25) is 4.90 Å². The second kappa shape index (κ2) is 8.76. The molecule has 0 spiro atoms. The Kier molecular flexibility index (Phi) is 6.42. The molecule has 2 saturated carbocycles. The van der Waals surface area contributed by atoms with E-state index in [1.165, 1.54) is 75.0 Å². The predicted octanol–water partition coefficient (Wildman–Crippen LogP) is 3.12. The lowest BCUT2D eigenvalue weighted by molar-refractivity contribution is -0.397. The van der Waals surface area contributed by atoms with Crippen LogP contribution < -0.4 is 0 Å². The topological polar surface area (TPSA) is 84.4 Å². The summed E-state index contributed by atoms with van der Waals surface area (Å²) in [5, 5.41) is 21.7. The summed E-state index contributed by atoms with van der Waals surface area (Å²) in [5.41, 5.74) is 0. The van der Waals surface area contributed by atoms with E-state index in [4.69, 9.17) is 0 Å². The van der Waals surface area contributed by atoms with Crippen molar-refractivity contribution in [1.29, 1.82) is 0 Å². The van der Waals surface area contributed by atoms with E-state index in [1.54, 1.807) is 6.20 Å². The van der Waals surface area contributed by atoms with Gasteiger partial charge in [0.15, 0.2) is 0 Å². The summed E-state index contributed by atoms with van der Waals surface area (Å²) in [6, 6.07) is 1.12. The van der Waals surface area contributed by atoms with E-state index in [2.05, 4.69) is 9.88 Å². The largest absolute Gasteiger partial charge is 0.434 e. The number of nitro groups is 1. The van der Waals surface area contributed by atoms with Crippen LogP contribution in [-0.4, -0.2) is 49.2 Å². The lowest BCUT2D eigenvalue weighted by atomic mass is 9.88. The highest BCUT2D eigenvalue weighted by atomic mass is 16.6. The maximum Gasteiger partial charge on any atom is 0.434 e. The molecule has 2 aliphatic carbocycles. The zero-order valence-corrected chi connectivity index (χ0v) is 14.9. The van der Waals surface area contributed by atoms with Crippen LogP contribution in [0.25, 0.3) is 0 Å². The van der Waals surface area contributed by atoms with Crippen molar-refractivity contribution >= 4 is 5.95 Å². The van der Waals surface area contributed by atoms with Gasteiger partial charge in [-0.05, 0) is 30.6 Å². The second-order valence-corrected chi connectivity index (χ2v) is 7.57. The van der Waals surface area contributed by atoms with Crippen LogP contribution in [0.4, 0.5) is 5.95 Å². The van der Waals surface area contributed by atoms with Gasteiger partial charge in [-0.1, -0.05) is 43.5 Å². The molecule has 2 fully saturated rings. The maximum atomic E-state index is 11.0. The fourth-order valence-electron chi connectivity index (χ4n) is 4.57. The van der Waals surface area contributed by atoms with Crippen molar-refractivity contribution in [3.8, 4) is 0 Å². The molecule has 140 valence electrons.